The molecule has 1 saturated heterocycles. The molecule has 1 N–H and O–H groups in total. The molecule has 0 radical (unpaired) electrons. The average molecular weight is 302 g/mol. The molecule has 3 rings (SSSR count). The summed E-state index contributed by atoms with van der Waals surface area (Å²) in [5.74, 6) is -0.396. The smallest absolute Gasteiger partial charge is 0.189 e. The number of carbonyl (C=O) groups excluding carboxylic acids is 1. The summed E-state index contributed by atoms with van der Waals surface area (Å²) in [6.07, 6.45) is 5.93. The Bertz CT molecular complexity index is 545. The molecule has 2 heterocycles. The molecule has 1 aliphatic carbocycles. The van der Waals surface area contributed by atoms with E-state index in [4.69, 9.17) is 4.74 Å². The van der Waals surface area contributed by atoms with Crippen molar-refractivity contribution < 1.29 is 14.6 Å². The molecule has 3 aliphatic rings. The van der Waals surface area contributed by atoms with E-state index < -0.39 is 5.79 Å². The summed E-state index contributed by atoms with van der Waals surface area (Å²) in [5, 5.41) is 11.2. The monoisotopic (exact) mass is 302 g/mol. The molecule has 1 saturated carbocycles. The maximum Gasteiger partial charge on any atom is 0.189 e. The summed E-state index contributed by atoms with van der Waals surface area (Å²) in [4.78, 5) is 11.9. The van der Waals surface area contributed by atoms with Crippen molar-refractivity contribution in [3.05, 3.63) is 36.5 Å². The molecule has 0 aromatic rings. The van der Waals surface area contributed by atoms with Crippen LogP contribution in [0.3, 0.4) is 0 Å². The lowest BCUT2D eigenvalue weighted by molar-refractivity contribution is -0.185. The third-order valence-electron chi connectivity index (χ3n) is 5.62. The van der Waals surface area contributed by atoms with Gasteiger partial charge in [-0.3, -0.25) is 4.79 Å². The molecule has 2 bridgehead atoms. The zero-order valence-corrected chi connectivity index (χ0v) is 13.5. The van der Waals surface area contributed by atoms with Gasteiger partial charge in [0.1, 0.15) is 0 Å². The van der Waals surface area contributed by atoms with Crippen LogP contribution in [-0.2, 0) is 9.53 Å². The van der Waals surface area contributed by atoms with Gasteiger partial charge in [-0.25, -0.2) is 0 Å². The van der Waals surface area contributed by atoms with E-state index in [-0.39, 0.29) is 23.7 Å². The van der Waals surface area contributed by atoms with Gasteiger partial charge in [0.2, 0.25) is 0 Å². The van der Waals surface area contributed by atoms with E-state index in [2.05, 4.69) is 27.0 Å². The Labute approximate surface area is 132 Å². The maximum absolute atomic E-state index is 11.9. The van der Waals surface area contributed by atoms with E-state index in [1.54, 1.807) is 6.08 Å². The van der Waals surface area contributed by atoms with Gasteiger partial charge in [-0.2, -0.15) is 0 Å². The normalized spacial score (nSPS) is 43.5. The Kier molecular flexibility index (Phi) is 3.90. The van der Waals surface area contributed by atoms with Crippen LogP contribution in [0.5, 0.6) is 0 Å². The number of hydrogen-bond donors (Lipinski definition) is 1. The molecule has 0 amide bonds. The van der Waals surface area contributed by atoms with Crippen molar-refractivity contribution in [1.29, 1.82) is 0 Å². The van der Waals surface area contributed by atoms with Crippen molar-refractivity contribution in [3.63, 3.8) is 0 Å². The van der Waals surface area contributed by atoms with Crippen molar-refractivity contribution in [2.24, 2.45) is 23.7 Å². The number of ketones is 1. The Balaban J connectivity index is 2.06. The van der Waals surface area contributed by atoms with Crippen molar-refractivity contribution in [2.75, 3.05) is 0 Å². The summed E-state index contributed by atoms with van der Waals surface area (Å²) < 4.78 is 6.08. The van der Waals surface area contributed by atoms with Crippen molar-refractivity contribution >= 4 is 5.78 Å². The van der Waals surface area contributed by atoms with Gasteiger partial charge in [0.05, 0.1) is 6.10 Å². The van der Waals surface area contributed by atoms with E-state index in [1.807, 2.05) is 0 Å². The molecule has 0 spiro atoms. The highest BCUT2D eigenvalue weighted by molar-refractivity contribution is 5.91. The second-order valence-electron chi connectivity index (χ2n) is 7.50. The standard InChI is InChI=1S/C19H26O3/c1-11(2)15-6-5-13(4)17-16-10-12(3)9-14(20)7-8-19(21,22-16)18(15)17/h7-8,11,15-18,21H,3-6,9-10H2,1-2H3/b8-7-/t15-,16-,17-,18-,19+/m1/s1. The first-order valence-electron chi connectivity index (χ1n) is 8.28. The molecule has 2 fully saturated rings. The number of hydrogen-bond acceptors (Lipinski definition) is 3. The fraction of sp³-hybridized carbons (Fsp3) is 0.632. The van der Waals surface area contributed by atoms with Crippen LogP contribution in [0, 0.1) is 23.7 Å². The lowest BCUT2D eigenvalue weighted by Gasteiger charge is -2.42. The summed E-state index contributed by atoms with van der Waals surface area (Å²) in [5.41, 5.74) is 2.06. The Morgan fingerprint density at radius 1 is 1.41 bits per heavy atom. The minimum absolute atomic E-state index is 0.0122. The Morgan fingerprint density at radius 3 is 2.82 bits per heavy atom. The highest BCUT2D eigenvalue weighted by Crippen LogP contribution is 2.55. The highest BCUT2D eigenvalue weighted by atomic mass is 16.6. The number of carbonyl (C=O) groups is 1. The lowest BCUT2D eigenvalue weighted by atomic mass is 9.62. The summed E-state index contributed by atoms with van der Waals surface area (Å²) >= 11 is 0. The highest BCUT2D eigenvalue weighted by Gasteiger charge is 2.58. The Morgan fingerprint density at radius 2 is 2.14 bits per heavy atom. The van der Waals surface area contributed by atoms with Gasteiger partial charge in [-0.05, 0) is 43.3 Å². The van der Waals surface area contributed by atoms with Crippen molar-refractivity contribution in [3.8, 4) is 0 Å². The van der Waals surface area contributed by atoms with E-state index in [0.717, 1.165) is 18.4 Å². The molecule has 0 aromatic carbocycles. The van der Waals surface area contributed by atoms with E-state index in [0.29, 0.717) is 24.7 Å². The van der Waals surface area contributed by atoms with Crippen molar-refractivity contribution in [2.45, 2.75) is 51.4 Å². The van der Waals surface area contributed by atoms with Crippen LogP contribution in [0.1, 0.15) is 39.5 Å². The Hall–Kier alpha value is -1.19. The molecule has 0 unspecified atom stereocenters. The van der Waals surface area contributed by atoms with E-state index >= 15 is 0 Å². The van der Waals surface area contributed by atoms with Gasteiger partial charge in [0.25, 0.3) is 0 Å². The molecular weight excluding hydrogens is 276 g/mol. The fourth-order valence-electron chi connectivity index (χ4n) is 4.61. The first-order valence-corrected chi connectivity index (χ1v) is 8.28. The zero-order valence-electron chi connectivity index (χ0n) is 13.5. The first kappa shape index (κ1) is 15.7. The predicted octanol–water partition coefficient (Wildman–Crippen LogP) is 3.40. The summed E-state index contributed by atoms with van der Waals surface area (Å²) in [6.45, 7) is 12.7. The van der Waals surface area contributed by atoms with Gasteiger partial charge in [-0.15, -0.1) is 0 Å². The van der Waals surface area contributed by atoms with Gasteiger partial charge in [0, 0.05) is 18.3 Å². The molecule has 2 aliphatic heterocycles. The van der Waals surface area contributed by atoms with Crippen LogP contribution in [0.15, 0.2) is 36.5 Å². The summed E-state index contributed by atoms with van der Waals surface area (Å²) in [6, 6.07) is 0. The van der Waals surface area contributed by atoms with Crippen LogP contribution >= 0.6 is 0 Å². The van der Waals surface area contributed by atoms with Crippen LogP contribution < -0.4 is 0 Å². The largest absolute Gasteiger partial charge is 0.362 e. The topological polar surface area (TPSA) is 46.5 Å². The van der Waals surface area contributed by atoms with E-state index in [1.165, 1.54) is 11.6 Å². The minimum Gasteiger partial charge on any atom is -0.362 e. The van der Waals surface area contributed by atoms with Crippen LogP contribution in [0.4, 0.5) is 0 Å². The molecular formula is C19H26O3. The average Bonchev–Trinajstić information content (AvgIpc) is 2.73. The van der Waals surface area contributed by atoms with Crippen LogP contribution in [-0.4, -0.2) is 22.8 Å². The van der Waals surface area contributed by atoms with Gasteiger partial charge in [-0.1, -0.05) is 38.2 Å². The maximum atomic E-state index is 11.9. The third kappa shape index (κ3) is 2.50. The molecule has 3 nitrogen and oxygen atoms in total. The molecule has 0 aromatic heterocycles. The second-order valence-corrected chi connectivity index (χ2v) is 7.50. The number of allylic oxidation sites excluding steroid dienone is 1. The van der Waals surface area contributed by atoms with Gasteiger partial charge in [0.15, 0.2) is 11.6 Å². The predicted molar refractivity (Wildman–Crippen MR) is 86.0 cm³/mol. The minimum atomic E-state index is -1.35. The molecule has 3 heteroatoms. The second kappa shape index (κ2) is 5.47. The first-order chi connectivity index (χ1) is 10.3. The third-order valence-corrected chi connectivity index (χ3v) is 5.62. The van der Waals surface area contributed by atoms with Crippen molar-refractivity contribution in [1.82, 2.24) is 0 Å². The molecule has 5 atom stereocenters. The SMILES string of the molecule is C=C1CC(=O)/C=C\[C@]2(O)O[C@H](C1)[C@H]1C(=C)CC[C@H](C(C)C)[C@H]12. The number of rotatable bonds is 1. The number of ether oxygens (including phenoxy) is 1. The number of aliphatic hydroxyl groups is 1. The quantitative estimate of drug-likeness (QED) is 0.755. The van der Waals surface area contributed by atoms with E-state index in [9.17, 15) is 9.90 Å². The zero-order chi connectivity index (χ0) is 16.1. The fourth-order valence-corrected chi connectivity index (χ4v) is 4.61. The molecule has 120 valence electrons. The van der Waals surface area contributed by atoms with Gasteiger partial charge < -0.3 is 9.84 Å². The van der Waals surface area contributed by atoms with Crippen LogP contribution in [0.2, 0.25) is 0 Å². The molecule has 22 heavy (non-hydrogen) atoms. The lowest BCUT2D eigenvalue weighted by Crippen LogP contribution is -2.44. The van der Waals surface area contributed by atoms with Crippen LogP contribution in [0.25, 0.3) is 0 Å². The summed E-state index contributed by atoms with van der Waals surface area (Å²) in [7, 11) is 0. The van der Waals surface area contributed by atoms with Gasteiger partial charge >= 0.3 is 0 Å². The number of fused-ring (bicyclic) bond motifs is 5.